The largest absolute Gasteiger partial charge is 0.228 e. The zero-order valence-electron chi connectivity index (χ0n) is 31.9. The van der Waals surface area contributed by atoms with Crippen LogP contribution in [0, 0.1) is 0 Å². The summed E-state index contributed by atoms with van der Waals surface area (Å²) in [6.07, 6.45) is 0. The molecule has 0 radical (unpaired) electrons. The van der Waals surface area contributed by atoms with Crippen LogP contribution in [0.2, 0.25) is 0 Å². The van der Waals surface area contributed by atoms with Crippen LogP contribution in [0.25, 0.3) is 99.6 Å². The van der Waals surface area contributed by atoms with Crippen LogP contribution in [0.5, 0.6) is 0 Å². The average molecular weight is 727 g/mol. The molecule has 0 fully saturated rings. The Hall–Kier alpha value is -7.16. The predicted octanol–water partition coefficient (Wildman–Crippen LogP) is 14.6. The van der Waals surface area contributed by atoms with E-state index in [0.717, 1.165) is 33.6 Å². The fourth-order valence-corrected chi connectivity index (χ4v) is 9.19. The summed E-state index contributed by atoms with van der Waals surface area (Å²) < 4.78 is 0. The van der Waals surface area contributed by atoms with Gasteiger partial charge in [-0.15, -0.1) is 0 Å². The van der Waals surface area contributed by atoms with Crippen LogP contribution < -0.4 is 0 Å². The van der Waals surface area contributed by atoms with Crippen LogP contribution in [0.1, 0.15) is 25.0 Å². The van der Waals surface area contributed by atoms with Crippen molar-refractivity contribution in [1.29, 1.82) is 0 Å². The van der Waals surface area contributed by atoms with Gasteiger partial charge >= 0.3 is 0 Å². The fourth-order valence-electron chi connectivity index (χ4n) is 9.19. The Morgan fingerprint density at radius 2 is 0.877 bits per heavy atom. The van der Waals surface area contributed by atoms with E-state index in [-0.39, 0.29) is 5.41 Å². The van der Waals surface area contributed by atoms with Crippen molar-refractivity contribution >= 4 is 32.3 Å². The lowest BCUT2D eigenvalue weighted by molar-refractivity contribution is 0.667. The molecule has 268 valence electrons. The second kappa shape index (κ2) is 13.0. The van der Waals surface area contributed by atoms with Gasteiger partial charge in [0.15, 0.2) is 5.82 Å². The zero-order chi connectivity index (χ0) is 38.1. The molecule has 0 spiro atoms. The molecule has 0 aliphatic heterocycles. The molecule has 1 aromatic heterocycles. The Labute approximate surface area is 332 Å². The third kappa shape index (κ3) is 5.48. The van der Waals surface area contributed by atoms with Crippen LogP contribution in [0.4, 0.5) is 0 Å². The van der Waals surface area contributed by atoms with Crippen LogP contribution in [0.15, 0.2) is 194 Å². The highest BCUT2D eigenvalue weighted by molar-refractivity contribution is 6.19. The minimum absolute atomic E-state index is 0.141. The molecule has 0 atom stereocenters. The number of fused-ring (bicyclic) bond motifs is 9. The lowest BCUT2D eigenvalue weighted by Gasteiger charge is -2.24. The molecule has 2 nitrogen and oxygen atoms in total. The monoisotopic (exact) mass is 726 g/mol. The van der Waals surface area contributed by atoms with Crippen LogP contribution in [-0.2, 0) is 5.41 Å². The summed E-state index contributed by atoms with van der Waals surface area (Å²) in [6, 6.07) is 70.0. The molecule has 0 saturated heterocycles. The molecular weight excluding hydrogens is 689 g/mol. The summed E-state index contributed by atoms with van der Waals surface area (Å²) in [5.74, 6) is 0.713. The number of aromatic nitrogens is 2. The van der Waals surface area contributed by atoms with E-state index in [2.05, 4.69) is 190 Å². The molecule has 1 aliphatic carbocycles. The maximum atomic E-state index is 5.11. The maximum absolute atomic E-state index is 5.11. The standard InChI is InChI=1S/C55H38N2/c1-55(2)49-33-43-31-40(28-29-41(43)32-48(49)52-46-22-11-9-20-44(46)45-21-10-12-23-47(45)53(52)55)36-24-26-37(27-25-36)50-34-51(57-54(56-50)38-16-7-4-8-17-38)42-19-13-18-39(30-42)35-14-5-3-6-15-35/h3-34H,1-2H3. The van der Waals surface area contributed by atoms with Crippen molar-refractivity contribution in [2.45, 2.75) is 19.3 Å². The first kappa shape index (κ1) is 33.2. The average Bonchev–Trinajstić information content (AvgIpc) is 3.51. The molecule has 1 heterocycles. The van der Waals surface area contributed by atoms with E-state index in [1.165, 1.54) is 71.3 Å². The molecule has 2 heteroatoms. The van der Waals surface area contributed by atoms with Gasteiger partial charge in [0, 0.05) is 22.1 Å². The Bertz CT molecular complexity index is 3180. The molecule has 0 amide bonds. The predicted molar refractivity (Wildman–Crippen MR) is 239 cm³/mol. The maximum Gasteiger partial charge on any atom is 0.160 e. The lowest BCUT2D eigenvalue weighted by atomic mass is 9.79. The lowest BCUT2D eigenvalue weighted by Crippen LogP contribution is -2.15. The van der Waals surface area contributed by atoms with Gasteiger partial charge in [-0.25, -0.2) is 9.97 Å². The van der Waals surface area contributed by atoms with E-state index < -0.39 is 0 Å². The molecule has 1 aliphatic rings. The first-order valence-electron chi connectivity index (χ1n) is 19.7. The van der Waals surface area contributed by atoms with Crippen LogP contribution in [-0.4, -0.2) is 9.97 Å². The van der Waals surface area contributed by atoms with Crippen molar-refractivity contribution in [3.63, 3.8) is 0 Å². The van der Waals surface area contributed by atoms with Gasteiger partial charge in [-0.1, -0.05) is 178 Å². The van der Waals surface area contributed by atoms with Gasteiger partial charge in [-0.05, 0) is 107 Å². The van der Waals surface area contributed by atoms with E-state index >= 15 is 0 Å². The minimum Gasteiger partial charge on any atom is -0.228 e. The van der Waals surface area contributed by atoms with Gasteiger partial charge < -0.3 is 0 Å². The summed E-state index contributed by atoms with van der Waals surface area (Å²) in [5, 5.41) is 7.85. The SMILES string of the molecule is CC1(C)c2cc3cc(-c4ccc(-c5cc(-c6cccc(-c7ccccc7)c6)nc(-c6ccccc6)n5)cc4)ccc3cc2-c2c1c1ccccc1c1ccccc21. The summed E-state index contributed by atoms with van der Waals surface area (Å²) in [7, 11) is 0. The third-order valence-electron chi connectivity index (χ3n) is 12.0. The molecule has 11 rings (SSSR count). The van der Waals surface area contributed by atoms with Gasteiger partial charge in [0.05, 0.1) is 11.4 Å². The van der Waals surface area contributed by atoms with Crippen molar-refractivity contribution in [3.8, 4) is 67.3 Å². The van der Waals surface area contributed by atoms with Gasteiger partial charge in [0.1, 0.15) is 0 Å². The van der Waals surface area contributed by atoms with Gasteiger partial charge in [0.25, 0.3) is 0 Å². The summed E-state index contributed by atoms with van der Waals surface area (Å²) in [6.45, 7) is 4.80. The Morgan fingerprint density at radius 3 is 1.61 bits per heavy atom. The summed E-state index contributed by atoms with van der Waals surface area (Å²) in [5.41, 5.74) is 15.0. The first-order valence-corrected chi connectivity index (χ1v) is 19.7. The van der Waals surface area contributed by atoms with Crippen molar-refractivity contribution in [3.05, 3.63) is 205 Å². The molecule has 9 aromatic carbocycles. The number of hydrogen-bond donors (Lipinski definition) is 0. The van der Waals surface area contributed by atoms with Crippen molar-refractivity contribution in [2.75, 3.05) is 0 Å². The van der Waals surface area contributed by atoms with Gasteiger partial charge in [0.2, 0.25) is 0 Å². The number of benzene rings is 9. The van der Waals surface area contributed by atoms with Crippen molar-refractivity contribution < 1.29 is 0 Å². The zero-order valence-corrected chi connectivity index (χ0v) is 31.9. The molecule has 0 N–H and O–H groups in total. The highest BCUT2D eigenvalue weighted by Crippen LogP contribution is 2.55. The molecule has 0 unspecified atom stereocenters. The second-order valence-electron chi connectivity index (χ2n) is 15.8. The fraction of sp³-hybridized carbons (Fsp3) is 0.0545. The number of rotatable bonds is 5. The molecule has 0 bridgehead atoms. The third-order valence-corrected chi connectivity index (χ3v) is 12.0. The number of hydrogen-bond acceptors (Lipinski definition) is 2. The normalized spacial score (nSPS) is 12.9. The second-order valence-corrected chi connectivity index (χ2v) is 15.8. The summed E-state index contributed by atoms with van der Waals surface area (Å²) >= 11 is 0. The van der Waals surface area contributed by atoms with Crippen molar-refractivity contribution in [1.82, 2.24) is 9.97 Å². The highest BCUT2D eigenvalue weighted by atomic mass is 14.9. The molecule has 57 heavy (non-hydrogen) atoms. The molecule has 0 saturated carbocycles. The van der Waals surface area contributed by atoms with Crippen LogP contribution in [0.3, 0.4) is 0 Å². The van der Waals surface area contributed by atoms with E-state index in [0.29, 0.717) is 5.82 Å². The summed E-state index contributed by atoms with van der Waals surface area (Å²) in [4.78, 5) is 10.2. The molecule has 10 aromatic rings. The Morgan fingerprint density at radius 1 is 0.351 bits per heavy atom. The Kier molecular flexibility index (Phi) is 7.55. The molecular formula is C55H38N2. The van der Waals surface area contributed by atoms with E-state index in [4.69, 9.17) is 9.97 Å². The quantitative estimate of drug-likeness (QED) is 0.165. The van der Waals surface area contributed by atoms with Crippen molar-refractivity contribution in [2.24, 2.45) is 0 Å². The van der Waals surface area contributed by atoms with E-state index in [1.807, 2.05) is 18.2 Å². The van der Waals surface area contributed by atoms with Gasteiger partial charge in [-0.2, -0.15) is 0 Å². The van der Waals surface area contributed by atoms with Gasteiger partial charge in [-0.3, -0.25) is 0 Å². The van der Waals surface area contributed by atoms with Crippen LogP contribution >= 0.6 is 0 Å². The first-order chi connectivity index (χ1) is 28.0. The minimum atomic E-state index is -0.141. The Balaban J connectivity index is 0.979. The topological polar surface area (TPSA) is 25.8 Å². The van der Waals surface area contributed by atoms with E-state index in [1.54, 1.807) is 0 Å². The highest BCUT2D eigenvalue weighted by Gasteiger charge is 2.38. The number of nitrogens with zero attached hydrogens (tertiary/aromatic N) is 2. The van der Waals surface area contributed by atoms with E-state index in [9.17, 15) is 0 Å². The smallest absolute Gasteiger partial charge is 0.160 e.